The fraction of sp³-hybridized carbons (Fsp3) is 0.385. The fourth-order valence-corrected chi connectivity index (χ4v) is 3.29. The number of para-hydroxylation sites is 1. The third-order valence-corrected chi connectivity index (χ3v) is 4.51. The topological polar surface area (TPSA) is 49.4 Å². The minimum Gasteiger partial charge on any atom is -0.332 e. The second kappa shape index (κ2) is 7.65. The number of carbonyl (C=O) groups excluding carboxylic acids is 2. The molecule has 21 heavy (non-hydrogen) atoms. The molecular weight excluding hydrogens is 318 g/mol. The maximum atomic E-state index is 12.4. The SMILES string of the molecule is O=C(CCN1CCSC1=O)Nc1ccccc1SC(F)F. The first-order valence-electron chi connectivity index (χ1n) is 6.31. The Morgan fingerprint density at radius 2 is 2.19 bits per heavy atom. The van der Waals surface area contributed by atoms with E-state index in [4.69, 9.17) is 0 Å². The number of hydrogen-bond acceptors (Lipinski definition) is 4. The molecule has 1 aromatic rings. The maximum Gasteiger partial charge on any atom is 0.288 e. The van der Waals surface area contributed by atoms with E-state index in [9.17, 15) is 18.4 Å². The summed E-state index contributed by atoms with van der Waals surface area (Å²) in [5.41, 5.74) is 0.370. The van der Waals surface area contributed by atoms with E-state index in [1.807, 2.05) is 0 Å². The maximum absolute atomic E-state index is 12.4. The van der Waals surface area contributed by atoms with Crippen molar-refractivity contribution in [2.24, 2.45) is 0 Å². The minimum absolute atomic E-state index is 0.0172. The highest BCUT2D eigenvalue weighted by atomic mass is 32.2. The van der Waals surface area contributed by atoms with E-state index in [0.717, 1.165) is 5.75 Å². The molecule has 1 heterocycles. The van der Waals surface area contributed by atoms with Gasteiger partial charge in [-0.15, -0.1) is 0 Å². The quantitative estimate of drug-likeness (QED) is 0.810. The number of alkyl halides is 2. The lowest BCUT2D eigenvalue weighted by Gasteiger charge is -2.15. The standard InChI is InChI=1S/C13H14F2N2O2S2/c14-12(15)21-10-4-2-1-3-9(10)16-11(18)5-6-17-7-8-20-13(17)19/h1-4,12H,5-8H2,(H,16,18). The summed E-state index contributed by atoms with van der Waals surface area (Å²) in [5, 5.41) is 2.60. The number of rotatable bonds is 6. The van der Waals surface area contributed by atoms with Crippen molar-refractivity contribution >= 4 is 40.4 Å². The largest absolute Gasteiger partial charge is 0.332 e. The van der Waals surface area contributed by atoms with Gasteiger partial charge < -0.3 is 10.2 Å². The van der Waals surface area contributed by atoms with Crippen molar-refractivity contribution in [2.75, 3.05) is 24.2 Å². The number of thioether (sulfide) groups is 2. The molecule has 1 aliphatic rings. The van der Waals surface area contributed by atoms with Crippen molar-refractivity contribution in [3.63, 3.8) is 0 Å². The highest BCUT2D eigenvalue weighted by molar-refractivity contribution is 8.13. The third-order valence-electron chi connectivity index (χ3n) is 2.83. The van der Waals surface area contributed by atoms with Crippen molar-refractivity contribution in [2.45, 2.75) is 17.1 Å². The lowest BCUT2D eigenvalue weighted by molar-refractivity contribution is -0.116. The van der Waals surface area contributed by atoms with Crippen LogP contribution < -0.4 is 5.32 Å². The molecule has 0 aliphatic carbocycles. The summed E-state index contributed by atoms with van der Waals surface area (Å²) in [7, 11) is 0. The molecule has 2 amide bonds. The Morgan fingerprint density at radius 3 is 2.86 bits per heavy atom. The van der Waals surface area contributed by atoms with Gasteiger partial charge in [0.15, 0.2) is 0 Å². The van der Waals surface area contributed by atoms with Crippen LogP contribution in [0.5, 0.6) is 0 Å². The molecule has 1 N–H and O–H groups in total. The summed E-state index contributed by atoms with van der Waals surface area (Å²) in [5.74, 6) is -2.08. The van der Waals surface area contributed by atoms with E-state index in [1.54, 1.807) is 23.1 Å². The van der Waals surface area contributed by atoms with Crippen molar-refractivity contribution in [1.29, 1.82) is 0 Å². The number of nitrogens with zero attached hydrogens (tertiary/aromatic N) is 1. The fourth-order valence-electron chi connectivity index (χ4n) is 1.85. The molecule has 0 atom stereocenters. The first-order chi connectivity index (χ1) is 10.1. The van der Waals surface area contributed by atoms with Gasteiger partial charge in [0.05, 0.1) is 5.69 Å². The van der Waals surface area contributed by atoms with Gasteiger partial charge in [0.1, 0.15) is 0 Å². The molecule has 1 fully saturated rings. The van der Waals surface area contributed by atoms with Gasteiger partial charge in [0.2, 0.25) is 5.91 Å². The third kappa shape index (κ3) is 4.89. The Balaban J connectivity index is 1.89. The zero-order valence-electron chi connectivity index (χ0n) is 11.1. The monoisotopic (exact) mass is 332 g/mol. The van der Waals surface area contributed by atoms with E-state index in [2.05, 4.69) is 5.32 Å². The predicted molar refractivity (Wildman–Crippen MR) is 81.0 cm³/mol. The van der Waals surface area contributed by atoms with Crippen LogP contribution in [0.3, 0.4) is 0 Å². The van der Waals surface area contributed by atoms with Crippen LogP contribution in [0.25, 0.3) is 0 Å². The Labute approximate surface area is 129 Å². The summed E-state index contributed by atoms with van der Waals surface area (Å²) in [6.45, 7) is 0.996. The molecule has 0 bridgehead atoms. The van der Waals surface area contributed by atoms with Crippen molar-refractivity contribution in [3.8, 4) is 0 Å². The Kier molecular flexibility index (Phi) is 5.86. The number of amides is 2. The number of nitrogens with one attached hydrogen (secondary N) is 1. The smallest absolute Gasteiger partial charge is 0.288 e. The van der Waals surface area contributed by atoms with Gasteiger partial charge in [-0.05, 0) is 12.1 Å². The Bertz CT molecular complexity index is 529. The normalized spacial score (nSPS) is 14.8. The lowest BCUT2D eigenvalue weighted by Crippen LogP contribution is -2.27. The molecule has 0 spiro atoms. The van der Waals surface area contributed by atoms with E-state index in [0.29, 0.717) is 35.4 Å². The van der Waals surface area contributed by atoms with Gasteiger partial charge >= 0.3 is 0 Å². The molecule has 4 nitrogen and oxygen atoms in total. The molecule has 8 heteroatoms. The number of halogens is 2. The summed E-state index contributed by atoms with van der Waals surface area (Å²) in [6.07, 6.45) is 0.153. The molecule has 0 aromatic heterocycles. The minimum atomic E-state index is -2.54. The molecule has 1 saturated heterocycles. The molecule has 1 aromatic carbocycles. The molecule has 0 unspecified atom stereocenters. The van der Waals surface area contributed by atoms with Crippen LogP contribution in [0.2, 0.25) is 0 Å². The van der Waals surface area contributed by atoms with E-state index < -0.39 is 5.76 Å². The number of benzene rings is 1. The van der Waals surface area contributed by atoms with E-state index in [-0.39, 0.29) is 17.6 Å². The first-order valence-corrected chi connectivity index (χ1v) is 8.18. The van der Waals surface area contributed by atoms with Crippen LogP contribution in [0.15, 0.2) is 29.2 Å². The van der Waals surface area contributed by atoms with Crippen molar-refractivity contribution in [3.05, 3.63) is 24.3 Å². The predicted octanol–water partition coefficient (Wildman–Crippen LogP) is 3.50. The van der Waals surface area contributed by atoms with Crippen LogP contribution in [0, 0.1) is 0 Å². The zero-order valence-corrected chi connectivity index (χ0v) is 12.7. The molecule has 1 aliphatic heterocycles. The number of carbonyl (C=O) groups is 2. The van der Waals surface area contributed by atoms with Crippen LogP contribution in [0.4, 0.5) is 19.3 Å². The highest BCUT2D eigenvalue weighted by Gasteiger charge is 2.21. The van der Waals surface area contributed by atoms with Gasteiger partial charge in [0.25, 0.3) is 11.0 Å². The molecule has 2 rings (SSSR count). The first kappa shape index (κ1) is 16.1. The van der Waals surface area contributed by atoms with Crippen LogP contribution >= 0.6 is 23.5 Å². The number of anilines is 1. The Hall–Kier alpha value is -1.28. The second-order valence-corrected chi connectivity index (χ2v) is 6.35. The molecular formula is C13H14F2N2O2S2. The second-order valence-electron chi connectivity index (χ2n) is 4.27. The van der Waals surface area contributed by atoms with Crippen LogP contribution in [0.1, 0.15) is 6.42 Å². The average Bonchev–Trinajstić information content (AvgIpc) is 2.84. The van der Waals surface area contributed by atoms with Gasteiger partial charge in [-0.2, -0.15) is 8.78 Å². The summed E-state index contributed by atoms with van der Waals surface area (Å²) in [6, 6.07) is 6.43. The lowest BCUT2D eigenvalue weighted by atomic mass is 10.3. The number of hydrogen-bond donors (Lipinski definition) is 1. The van der Waals surface area contributed by atoms with Gasteiger partial charge in [0, 0.05) is 30.2 Å². The molecule has 0 radical (unpaired) electrons. The van der Waals surface area contributed by atoms with Gasteiger partial charge in [-0.25, -0.2) is 0 Å². The average molecular weight is 332 g/mol. The van der Waals surface area contributed by atoms with E-state index in [1.165, 1.54) is 17.8 Å². The zero-order chi connectivity index (χ0) is 15.2. The van der Waals surface area contributed by atoms with Crippen molar-refractivity contribution in [1.82, 2.24) is 4.90 Å². The van der Waals surface area contributed by atoms with E-state index >= 15 is 0 Å². The van der Waals surface area contributed by atoms with Crippen LogP contribution in [-0.2, 0) is 4.79 Å². The van der Waals surface area contributed by atoms with Gasteiger partial charge in [-0.1, -0.05) is 35.7 Å². The molecule has 0 saturated carbocycles. The van der Waals surface area contributed by atoms with Gasteiger partial charge in [-0.3, -0.25) is 9.59 Å². The van der Waals surface area contributed by atoms with Crippen LogP contribution in [-0.4, -0.2) is 40.6 Å². The highest BCUT2D eigenvalue weighted by Crippen LogP contribution is 2.31. The molecule has 114 valence electrons. The van der Waals surface area contributed by atoms with Crippen molar-refractivity contribution < 1.29 is 18.4 Å². The Morgan fingerprint density at radius 1 is 1.43 bits per heavy atom. The summed E-state index contributed by atoms with van der Waals surface area (Å²) >= 11 is 1.63. The summed E-state index contributed by atoms with van der Waals surface area (Å²) in [4.78, 5) is 25.2. The summed E-state index contributed by atoms with van der Waals surface area (Å²) < 4.78 is 24.9.